The summed E-state index contributed by atoms with van der Waals surface area (Å²) in [6, 6.07) is 5.56. The van der Waals surface area contributed by atoms with Gasteiger partial charge in [0.1, 0.15) is 5.75 Å². The lowest BCUT2D eigenvalue weighted by molar-refractivity contribution is -0.137. The zero-order chi connectivity index (χ0) is 13.0. The Bertz CT molecular complexity index is 431. The van der Waals surface area contributed by atoms with Crippen LogP contribution in [0.15, 0.2) is 18.2 Å². The van der Waals surface area contributed by atoms with Gasteiger partial charge in [-0.3, -0.25) is 9.69 Å². The molecule has 0 radical (unpaired) electrons. The van der Waals surface area contributed by atoms with Crippen LogP contribution in [0.3, 0.4) is 0 Å². The SMILES string of the molecule is O=C(O)CCCCN1CCc2ccc(O)cc2C1. The molecule has 1 aliphatic heterocycles. The number of unbranched alkanes of at least 4 members (excludes halogenated alkanes) is 1. The number of nitrogens with zero attached hydrogens (tertiary/aromatic N) is 1. The third-order valence-corrected chi connectivity index (χ3v) is 3.40. The van der Waals surface area contributed by atoms with Crippen molar-refractivity contribution in [3.8, 4) is 5.75 Å². The predicted octanol–water partition coefficient (Wildman–Crippen LogP) is 2.01. The Balaban J connectivity index is 1.82. The van der Waals surface area contributed by atoms with Gasteiger partial charge in [-0.05, 0) is 49.1 Å². The number of aromatic hydroxyl groups is 1. The molecule has 18 heavy (non-hydrogen) atoms. The Morgan fingerprint density at radius 2 is 2.11 bits per heavy atom. The molecule has 0 atom stereocenters. The number of phenols is 1. The lowest BCUT2D eigenvalue weighted by Gasteiger charge is -2.28. The molecule has 4 heteroatoms. The summed E-state index contributed by atoms with van der Waals surface area (Å²) in [7, 11) is 0. The van der Waals surface area contributed by atoms with Gasteiger partial charge in [-0.2, -0.15) is 0 Å². The minimum Gasteiger partial charge on any atom is -0.508 e. The number of aliphatic carboxylic acids is 1. The first-order chi connectivity index (χ1) is 8.65. The van der Waals surface area contributed by atoms with Crippen molar-refractivity contribution in [2.24, 2.45) is 0 Å². The maximum absolute atomic E-state index is 10.4. The van der Waals surface area contributed by atoms with E-state index in [1.165, 1.54) is 11.1 Å². The minimum absolute atomic E-state index is 0.255. The lowest BCUT2D eigenvalue weighted by atomic mass is 9.99. The Kier molecular flexibility index (Phi) is 4.20. The topological polar surface area (TPSA) is 60.8 Å². The summed E-state index contributed by atoms with van der Waals surface area (Å²) in [6.07, 6.45) is 2.92. The Labute approximate surface area is 107 Å². The molecule has 0 fully saturated rings. The van der Waals surface area contributed by atoms with Crippen molar-refractivity contribution >= 4 is 5.97 Å². The Morgan fingerprint density at radius 3 is 2.89 bits per heavy atom. The molecule has 0 saturated carbocycles. The van der Waals surface area contributed by atoms with Gasteiger partial charge in [0.2, 0.25) is 0 Å². The average Bonchev–Trinajstić information content (AvgIpc) is 2.34. The molecule has 2 rings (SSSR count). The van der Waals surface area contributed by atoms with E-state index in [1.807, 2.05) is 12.1 Å². The fourth-order valence-electron chi connectivity index (χ4n) is 2.40. The van der Waals surface area contributed by atoms with Crippen molar-refractivity contribution in [2.75, 3.05) is 13.1 Å². The molecule has 1 heterocycles. The van der Waals surface area contributed by atoms with Crippen LogP contribution in [0.25, 0.3) is 0 Å². The van der Waals surface area contributed by atoms with E-state index in [4.69, 9.17) is 5.11 Å². The van der Waals surface area contributed by atoms with E-state index >= 15 is 0 Å². The van der Waals surface area contributed by atoms with Gasteiger partial charge in [0, 0.05) is 19.5 Å². The van der Waals surface area contributed by atoms with E-state index in [2.05, 4.69) is 4.90 Å². The molecule has 0 aliphatic carbocycles. The smallest absolute Gasteiger partial charge is 0.303 e. The van der Waals surface area contributed by atoms with Gasteiger partial charge in [0.05, 0.1) is 0 Å². The summed E-state index contributed by atoms with van der Waals surface area (Å²) < 4.78 is 0. The lowest BCUT2D eigenvalue weighted by Crippen LogP contribution is -2.31. The van der Waals surface area contributed by atoms with E-state index in [1.54, 1.807) is 6.07 Å². The van der Waals surface area contributed by atoms with Crippen molar-refractivity contribution in [2.45, 2.75) is 32.2 Å². The van der Waals surface area contributed by atoms with Crippen LogP contribution in [0.5, 0.6) is 5.75 Å². The summed E-state index contributed by atoms with van der Waals surface area (Å²) in [5.74, 6) is -0.398. The van der Waals surface area contributed by atoms with Crippen LogP contribution in [0.4, 0.5) is 0 Å². The van der Waals surface area contributed by atoms with Crippen LogP contribution in [-0.2, 0) is 17.8 Å². The average molecular weight is 249 g/mol. The van der Waals surface area contributed by atoms with Crippen LogP contribution in [0.1, 0.15) is 30.4 Å². The van der Waals surface area contributed by atoms with Crippen LogP contribution in [-0.4, -0.2) is 34.2 Å². The standard InChI is InChI=1S/C14H19NO3/c16-13-5-4-11-6-8-15(10-12(11)9-13)7-2-1-3-14(17)18/h4-5,9,16H,1-3,6-8,10H2,(H,17,18). The summed E-state index contributed by atoms with van der Waals surface area (Å²) in [5.41, 5.74) is 2.51. The number of phenolic OH excluding ortho intramolecular Hbond substituents is 1. The molecule has 2 N–H and O–H groups in total. The van der Waals surface area contributed by atoms with Gasteiger partial charge in [-0.15, -0.1) is 0 Å². The van der Waals surface area contributed by atoms with E-state index < -0.39 is 5.97 Å². The van der Waals surface area contributed by atoms with E-state index in [-0.39, 0.29) is 6.42 Å². The highest BCUT2D eigenvalue weighted by Gasteiger charge is 2.16. The number of carboxylic acids is 1. The zero-order valence-corrected chi connectivity index (χ0v) is 10.4. The van der Waals surface area contributed by atoms with E-state index in [0.717, 1.165) is 38.9 Å². The molecular weight excluding hydrogens is 230 g/mol. The number of carboxylic acid groups (broad SMARTS) is 1. The highest BCUT2D eigenvalue weighted by molar-refractivity contribution is 5.66. The van der Waals surface area contributed by atoms with Gasteiger partial charge in [-0.25, -0.2) is 0 Å². The van der Waals surface area contributed by atoms with Gasteiger partial charge in [0.15, 0.2) is 0 Å². The summed E-state index contributed by atoms with van der Waals surface area (Å²) in [4.78, 5) is 12.7. The molecule has 0 bridgehead atoms. The second kappa shape index (κ2) is 5.87. The molecule has 1 aromatic rings. The summed E-state index contributed by atoms with van der Waals surface area (Å²) in [5, 5.41) is 18.0. The van der Waals surface area contributed by atoms with Gasteiger partial charge in [-0.1, -0.05) is 6.07 Å². The van der Waals surface area contributed by atoms with E-state index in [9.17, 15) is 9.90 Å². The fraction of sp³-hybridized carbons (Fsp3) is 0.500. The molecule has 0 saturated heterocycles. The monoisotopic (exact) mass is 249 g/mol. The molecule has 0 aromatic heterocycles. The van der Waals surface area contributed by atoms with Gasteiger partial charge < -0.3 is 10.2 Å². The van der Waals surface area contributed by atoms with Crippen LogP contribution in [0.2, 0.25) is 0 Å². The molecule has 0 amide bonds. The summed E-state index contributed by atoms with van der Waals surface area (Å²) in [6.45, 7) is 2.81. The predicted molar refractivity (Wildman–Crippen MR) is 68.6 cm³/mol. The number of fused-ring (bicyclic) bond motifs is 1. The molecule has 0 unspecified atom stereocenters. The van der Waals surface area contributed by atoms with Gasteiger partial charge in [0.25, 0.3) is 0 Å². The van der Waals surface area contributed by atoms with Crippen molar-refractivity contribution in [1.82, 2.24) is 4.90 Å². The normalized spacial score (nSPS) is 15.3. The van der Waals surface area contributed by atoms with Crippen molar-refractivity contribution < 1.29 is 15.0 Å². The summed E-state index contributed by atoms with van der Waals surface area (Å²) >= 11 is 0. The van der Waals surface area contributed by atoms with Crippen LogP contribution < -0.4 is 0 Å². The maximum Gasteiger partial charge on any atom is 0.303 e. The highest BCUT2D eigenvalue weighted by Crippen LogP contribution is 2.23. The number of carbonyl (C=O) groups is 1. The highest BCUT2D eigenvalue weighted by atomic mass is 16.4. The Morgan fingerprint density at radius 1 is 1.28 bits per heavy atom. The van der Waals surface area contributed by atoms with Crippen molar-refractivity contribution in [1.29, 1.82) is 0 Å². The number of benzene rings is 1. The Hall–Kier alpha value is -1.55. The molecular formula is C14H19NO3. The van der Waals surface area contributed by atoms with Crippen molar-refractivity contribution in [3.05, 3.63) is 29.3 Å². The first-order valence-corrected chi connectivity index (χ1v) is 6.40. The quantitative estimate of drug-likeness (QED) is 0.784. The zero-order valence-electron chi connectivity index (χ0n) is 10.4. The first kappa shape index (κ1) is 12.9. The molecule has 0 spiro atoms. The third kappa shape index (κ3) is 3.47. The van der Waals surface area contributed by atoms with Gasteiger partial charge >= 0.3 is 5.97 Å². The van der Waals surface area contributed by atoms with Crippen molar-refractivity contribution in [3.63, 3.8) is 0 Å². The number of rotatable bonds is 5. The van der Waals surface area contributed by atoms with Crippen LogP contribution in [0, 0.1) is 0 Å². The molecule has 1 aromatic carbocycles. The van der Waals surface area contributed by atoms with E-state index in [0.29, 0.717) is 5.75 Å². The fourth-order valence-corrected chi connectivity index (χ4v) is 2.40. The second-order valence-electron chi connectivity index (χ2n) is 4.83. The first-order valence-electron chi connectivity index (χ1n) is 6.40. The second-order valence-corrected chi connectivity index (χ2v) is 4.83. The maximum atomic E-state index is 10.4. The molecule has 98 valence electrons. The minimum atomic E-state index is -0.719. The molecule has 4 nitrogen and oxygen atoms in total. The van der Waals surface area contributed by atoms with Crippen LogP contribution >= 0.6 is 0 Å². The largest absolute Gasteiger partial charge is 0.508 e. The number of hydrogen-bond acceptors (Lipinski definition) is 3. The number of hydrogen-bond donors (Lipinski definition) is 2. The third-order valence-electron chi connectivity index (χ3n) is 3.40. The molecule has 1 aliphatic rings.